The van der Waals surface area contributed by atoms with Crippen LogP contribution in [0, 0.1) is 23.7 Å². The number of hydrogen-bond donors (Lipinski definition) is 1. The Hall–Kier alpha value is -1.41. The molecule has 1 fully saturated rings. The van der Waals surface area contributed by atoms with Gasteiger partial charge in [0.2, 0.25) is 5.91 Å². The normalized spacial score (nSPS) is 18.3. The topological polar surface area (TPSA) is 65.8 Å². The first-order chi connectivity index (χ1) is 9.16. The first-order valence-electron chi connectivity index (χ1n) is 6.77. The molecule has 0 bridgehead atoms. The molecule has 5 heteroatoms. The quantitative estimate of drug-likeness (QED) is 0.864. The second-order valence-electron chi connectivity index (χ2n) is 5.17. The van der Waals surface area contributed by atoms with Crippen LogP contribution < -0.4 is 5.32 Å². The highest BCUT2D eigenvalue weighted by atomic mass is 32.1. The van der Waals surface area contributed by atoms with Gasteiger partial charge in [-0.2, -0.15) is 5.26 Å². The third-order valence-electron chi connectivity index (χ3n) is 3.67. The lowest BCUT2D eigenvalue weighted by Crippen LogP contribution is -2.39. The summed E-state index contributed by atoms with van der Waals surface area (Å²) in [7, 11) is 0. The minimum atomic E-state index is -0.817. The Kier molecular flexibility index (Phi) is 4.54. The van der Waals surface area contributed by atoms with Crippen molar-refractivity contribution in [1.29, 1.82) is 5.26 Å². The predicted octanol–water partition coefficient (Wildman–Crippen LogP) is 2.93. The van der Waals surface area contributed by atoms with E-state index < -0.39 is 5.41 Å². The van der Waals surface area contributed by atoms with Gasteiger partial charge in [0.1, 0.15) is 10.4 Å². The van der Waals surface area contributed by atoms with Crippen LogP contribution >= 0.6 is 11.3 Å². The van der Waals surface area contributed by atoms with Crippen LogP contribution in [0.1, 0.15) is 49.2 Å². The summed E-state index contributed by atoms with van der Waals surface area (Å²) < 4.78 is 0. The van der Waals surface area contributed by atoms with Gasteiger partial charge in [-0.3, -0.25) is 4.79 Å². The number of nitrogens with one attached hydrogen (secondary N) is 1. The molecule has 2 rings (SSSR count). The van der Waals surface area contributed by atoms with Gasteiger partial charge in [0.15, 0.2) is 0 Å². The number of nitrogens with zero attached hydrogens (tertiary/aromatic N) is 2. The summed E-state index contributed by atoms with van der Waals surface area (Å²) in [6.07, 6.45) is 5.57. The highest BCUT2D eigenvalue weighted by molar-refractivity contribution is 7.09. The van der Waals surface area contributed by atoms with Crippen LogP contribution in [-0.2, 0) is 11.3 Å². The van der Waals surface area contributed by atoms with Gasteiger partial charge in [-0.15, -0.1) is 11.3 Å². The number of carbonyl (C=O) groups is 1. The zero-order valence-corrected chi connectivity index (χ0v) is 12.1. The van der Waals surface area contributed by atoms with E-state index in [1.165, 1.54) is 0 Å². The molecular formula is C14H19N3OS. The Labute approximate surface area is 117 Å². The fourth-order valence-corrected chi connectivity index (χ4v) is 3.24. The average molecular weight is 277 g/mol. The standard InChI is InChI=1S/C14H19N3OS/c1-11-9-19-12(17-11)8-16-13(18)14(10-15)6-4-2-3-5-7-14/h9H,2-8H2,1H3,(H,16,18). The zero-order valence-electron chi connectivity index (χ0n) is 11.2. The molecule has 1 heterocycles. The zero-order chi connectivity index (χ0) is 13.7. The lowest BCUT2D eigenvalue weighted by atomic mass is 9.81. The molecule has 1 saturated carbocycles. The van der Waals surface area contributed by atoms with Crippen LogP contribution in [0.4, 0.5) is 0 Å². The predicted molar refractivity (Wildman–Crippen MR) is 74.4 cm³/mol. The molecule has 102 valence electrons. The molecule has 19 heavy (non-hydrogen) atoms. The third-order valence-corrected chi connectivity index (χ3v) is 4.64. The number of thiazole rings is 1. The van der Waals surface area contributed by atoms with Crippen molar-refractivity contribution in [2.24, 2.45) is 5.41 Å². The number of hydrogen-bond acceptors (Lipinski definition) is 4. The summed E-state index contributed by atoms with van der Waals surface area (Å²) in [6, 6.07) is 2.27. The van der Waals surface area contributed by atoms with Gasteiger partial charge in [0.05, 0.1) is 12.6 Å². The first kappa shape index (κ1) is 14.0. The summed E-state index contributed by atoms with van der Waals surface area (Å²) in [5.41, 5.74) is 0.154. The van der Waals surface area contributed by atoms with Crippen LogP contribution in [0.3, 0.4) is 0 Å². The van der Waals surface area contributed by atoms with Gasteiger partial charge in [0.25, 0.3) is 0 Å². The number of nitriles is 1. The number of aromatic nitrogens is 1. The first-order valence-corrected chi connectivity index (χ1v) is 7.65. The lowest BCUT2D eigenvalue weighted by molar-refractivity contribution is -0.129. The van der Waals surface area contributed by atoms with Crippen molar-refractivity contribution in [2.75, 3.05) is 0 Å². The molecule has 0 radical (unpaired) electrons. The average Bonchev–Trinajstić information content (AvgIpc) is 2.69. The molecular weight excluding hydrogens is 258 g/mol. The number of aryl methyl sites for hydroxylation is 1. The molecule has 0 saturated heterocycles. The maximum Gasteiger partial charge on any atom is 0.240 e. The van der Waals surface area contributed by atoms with Gasteiger partial charge in [-0.05, 0) is 19.8 Å². The van der Waals surface area contributed by atoms with E-state index in [0.29, 0.717) is 19.4 Å². The molecule has 1 aliphatic rings. The SMILES string of the molecule is Cc1csc(CNC(=O)C2(C#N)CCCCCC2)n1. The van der Waals surface area contributed by atoms with E-state index in [1.54, 1.807) is 11.3 Å². The van der Waals surface area contributed by atoms with E-state index in [0.717, 1.165) is 36.4 Å². The fourth-order valence-electron chi connectivity index (χ4n) is 2.53. The molecule has 1 aromatic rings. The Balaban J connectivity index is 1.98. The minimum Gasteiger partial charge on any atom is -0.348 e. The van der Waals surface area contributed by atoms with Gasteiger partial charge in [-0.1, -0.05) is 25.7 Å². The van der Waals surface area contributed by atoms with Crippen molar-refractivity contribution in [3.63, 3.8) is 0 Å². The molecule has 1 aromatic heterocycles. The van der Waals surface area contributed by atoms with Gasteiger partial charge in [-0.25, -0.2) is 4.98 Å². The lowest BCUT2D eigenvalue weighted by Gasteiger charge is -2.23. The Bertz CT molecular complexity index is 481. The smallest absolute Gasteiger partial charge is 0.240 e. The van der Waals surface area contributed by atoms with E-state index >= 15 is 0 Å². The molecule has 1 amide bonds. The highest BCUT2D eigenvalue weighted by Crippen LogP contribution is 2.34. The molecule has 0 unspecified atom stereocenters. The van der Waals surface area contributed by atoms with Crippen LogP contribution in [0.2, 0.25) is 0 Å². The minimum absolute atomic E-state index is 0.121. The van der Waals surface area contributed by atoms with Crippen molar-refractivity contribution in [1.82, 2.24) is 10.3 Å². The number of carbonyl (C=O) groups excluding carboxylic acids is 1. The van der Waals surface area contributed by atoms with E-state index in [1.807, 2.05) is 12.3 Å². The van der Waals surface area contributed by atoms with E-state index in [2.05, 4.69) is 16.4 Å². The summed E-state index contributed by atoms with van der Waals surface area (Å²) in [5, 5.41) is 15.2. The van der Waals surface area contributed by atoms with E-state index in [4.69, 9.17) is 0 Å². The van der Waals surface area contributed by atoms with Crippen molar-refractivity contribution < 1.29 is 4.79 Å². The third kappa shape index (κ3) is 3.32. The van der Waals surface area contributed by atoms with E-state index in [-0.39, 0.29) is 5.91 Å². The van der Waals surface area contributed by atoms with Gasteiger partial charge in [0, 0.05) is 11.1 Å². The Morgan fingerprint density at radius 1 is 1.47 bits per heavy atom. The number of amides is 1. The largest absolute Gasteiger partial charge is 0.348 e. The molecule has 0 atom stereocenters. The maximum atomic E-state index is 12.3. The van der Waals surface area contributed by atoms with E-state index in [9.17, 15) is 10.1 Å². The molecule has 0 aliphatic heterocycles. The van der Waals surface area contributed by atoms with Crippen LogP contribution in [0.15, 0.2) is 5.38 Å². The second kappa shape index (κ2) is 6.16. The molecule has 1 N–H and O–H groups in total. The van der Waals surface area contributed by atoms with Gasteiger partial charge >= 0.3 is 0 Å². The Morgan fingerprint density at radius 2 is 2.16 bits per heavy atom. The van der Waals surface area contributed by atoms with Crippen molar-refractivity contribution >= 4 is 17.2 Å². The Morgan fingerprint density at radius 3 is 2.68 bits per heavy atom. The molecule has 0 spiro atoms. The molecule has 1 aliphatic carbocycles. The summed E-state index contributed by atoms with van der Waals surface area (Å²) in [4.78, 5) is 16.6. The van der Waals surface area contributed by atoms with Crippen LogP contribution in [0.25, 0.3) is 0 Å². The summed E-state index contributed by atoms with van der Waals surface area (Å²) >= 11 is 1.54. The van der Waals surface area contributed by atoms with Crippen molar-refractivity contribution in [3.05, 3.63) is 16.1 Å². The van der Waals surface area contributed by atoms with Crippen LogP contribution in [0.5, 0.6) is 0 Å². The molecule has 4 nitrogen and oxygen atoms in total. The fraction of sp³-hybridized carbons (Fsp3) is 0.643. The number of rotatable bonds is 3. The summed E-state index contributed by atoms with van der Waals surface area (Å²) in [6.45, 7) is 2.37. The highest BCUT2D eigenvalue weighted by Gasteiger charge is 2.38. The van der Waals surface area contributed by atoms with Crippen LogP contribution in [-0.4, -0.2) is 10.9 Å². The molecule has 0 aromatic carbocycles. The maximum absolute atomic E-state index is 12.3. The van der Waals surface area contributed by atoms with Crippen molar-refractivity contribution in [2.45, 2.75) is 52.0 Å². The van der Waals surface area contributed by atoms with Gasteiger partial charge < -0.3 is 5.32 Å². The van der Waals surface area contributed by atoms with Crippen molar-refractivity contribution in [3.8, 4) is 6.07 Å². The monoisotopic (exact) mass is 277 g/mol. The second-order valence-corrected chi connectivity index (χ2v) is 6.12. The summed E-state index contributed by atoms with van der Waals surface area (Å²) in [5.74, 6) is -0.121.